The first-order valence-electron chi connectivity index (χ1n) is 8.10. The van der Waals surface area contributed by atoms with Crippen LogP contribution in [-0.4, -0.2) is 36.7 Å². The second-order valence-corrected chi connectivity index (χ2v) is 6.22. The molecular weight excluding hydrogens is 367 g/mol. The zero-order chi connectivity index (χ0) is 19.2. The molecule has 142 valence electrons. The van der Waals surface area contributed by atoms with Gasteiger partial charge < -0.3 is 14.4 Å². The third kappa shape index (κ3) is 5.66. The molecule has 0 unspecified atom stereocenters. The number of alkyl halides is 3. The molecule has 2 rings (SSSR count). The normalized spacial score (nSPS) is 11.3. The van der Waals surface area contributed by atoms with Crippen LogP contribution in [0, 0.1) is 0 Å². The summed E-state index contributed by atoms with van der Waals surface area (Å²) in [6.45, 7) is 2.90. The predicted molar refractivity (Wildman–Crippen MR) is 93.9 cm³/mol. The number of hydrogen-bond acceptors (Lipinski definition) is 4. The molecule has 0 saturated carbocycles. The summed E-state index contributed by atoms with van der Waals surface area (Å²) in [6, 6.07) is 6.11. The molecule has 8 heteroatoms. The maximum Gasteiger partial charge on any atom is 0.406 e. The van der Waals surface area contributed by atoms with Gasteiger partial charge in [-0.2, -0.15) is 24.5 Å². The first-order valence-corrected chi connectivity index (χ1v) is 9.05. The average Bonchev–Trinajstić information content (AvgIpc) is 3.07. The fraction of sp³-hybridized carbons (Fsp3) is 0.389. The summed E-state index contributed by atoms with van der Waals surface area (Å²) in [6.07, 6.45) is -4.49. The minimum Gasteiger partial charge on any atom is -0.490 e. The van der Waals surface area contributed by atoms with Crippen molar-refractivity contribution in [1.82, 2.24) is 4.90 Å². The highest BCUT2D eigenvalue weighted by Gasteiger charge is 2.33. The Morgan fingerprint density at radius 1 is 1.12 bits per heavy atom. The van der Waals surface area contributed by atoms with Crippen LogP contribution in [-0.2, 0) is 6.54 Å². The third-order valence-electron chi connectivity index (χ3n) is 3.40. The first-order chi connectivity index (χ1) is 12.3. The zero-order valence-electron chi connectivity index (χ0n) is 14.5. The van der Waals surface area contributed by atoms with Crippen molar-refractivity contribution in [2.75, 3.05) is 19.8 Å². The highest BCUT2D eigenvalue weighted by Crippen LogP contribution is 2.30. The molecule has 2 aromatic rings. The van der Waals surface area contributed by atoms with Crippen LogP contribution in [0.3, 0.4) is 0 Å². The quantitative estimate of drug-likeness (QED) is 0.656. The molecular formula is C18H20F3NO3S. The first kappa shape index (κ1) is 20.1. The van der Waals surface area contributed by atoms with Gasteiger partial charge in [-0.3, -0.25) is 4.79 Å². The van der Waals surface area contributed by atoms with E-state index >= 15 is 0 Å². The highest BCUT2D eigenvalue weighted by molar-refractivity contribution is 7.07. The van der Waals surface area contributed by atoms with Crippen LogP contribution in [0.15, 0.2) is 35.0 Å². The smallest absolute Gasteiger partial charge is 0.406 e. The molecule has 1 aromatic heterocycles. The third-order valence-corrected chi connectivity index (χ3v) is 4.13. The molecule has 0 radical (unpaired) electrons. The second kappa shape index (κ2) is 8.93. The lowest BCUT2D eigenvalue weighted by molar-refractivity contribution is -0.141. The number of halogens is 3. The van der Waals surface area contributed by atoms with Crippen LogP contribution < -0.4 is 9.47 Å². The lowest BCUT2D eigenvalue weighted by Crippen LogP contribution is -2.38. The average molecular weight is 387 g/mol. The number of carbonyl (C=O) groups excluding carboxylic acids is 1. The standard InChI is InChI=1S/C18H20F3NO3S/c1-3-24-15-6-5-14(9-16(15)25-4-2)17(23)22(12-18(19,20)21)10-13-7-8-26-11-13/h5-9,11H,3-4,10,12H2,1-2H3. The van der Waals surface area contributed by atoms with E-state index in [1.165, 1.54) is 29.5 Å². The monoisotopic (exact) mass is 387 g/mol. The van der Waals surface area contributed by atoms with E-state index in [0.29, 0.717) is 30.3 Å². The number of benzene rings is 1. The molecule has 0 fully saturated rings. The molecule has 1 amide bonds. The van der Waals surface area contributed by atoms with Gasteiger partial charge in [0, 0.05) is 12.1 Å². The Balaban J connectivity index is 2.29. The molecule has 0 spiro atoms. The zero-order valence-corrected chi connectivity index (χ0v) is 15.3. The minimum atomic E-state index is -4.49. The fourth-order valence-corrected chi connectivity index (χ4v) is 3.05. The van der Waals surface area contributed by atoms with Crippen LogP contribution in [0.2, 0.25) is 0 Å². The summed E-state index contributed by atoms with van der Waals surface area (Å²) in [7, 11) is 0. The molecule has 0 saturated heterocycles. The molecule has 26 heavy (non-hydrogen) atoms. The summed E-state index contributed by atoms with van der Waals surface area (Å²) in [5.74, 6) is 0.0753. The van der Waals surface area contributed by atoms with Crippen LogP contribution in [0.4, 0.5) is 13.2 Å². The van der Waals surface area contributed by atoms with Gasteiger partial charge in [-0.1, -0.05) is 0 Å². The van der Waals surface area contributed by atoms with Crippen LogP contribution >= 0.6 is 11.3 Å². The van der Waals surface area contributed by atoms with Crippen LogP contribution in [0.5, 0.6) is 11.5 Å². The molecule has 4 nitrogen and oxygen atoms in total. The van der Waals surface area contributed by atoms with E-state index in [0.717, 1.165) is 4.90 Å². The van der Waals surface area contributed by atoms with Crippen molar-refractivity contribution in [1.29, 1.82) is 0 Å². The van der Waals surface area contributed by atoms with Crippen LogP contribution in [0.25, 0.3) is 0 Å². The summed E-state index contributed by atoms with van der Waals surface area (Å²) in [4.78, 5) is 13.5. The predicted octanol–water partition coefficient (Wildman–Crippen LogP) is 4.75. The molecule has 0 atom stereocenters. The molecule has 0 aliphatic heterocycles. The van der Waals surface area contributed by atoms with E-state index in [4.69, 9.17) is 9.47 Å². The van der Waals surface area contributed by atoms with E-state index < -0.39 is 18.6 Å². The highest BCUT2D eigenvalue weighted by atomic mass is 32.1. The number of carbonyl (C=O) groups is 1. The molecule has 0 aliphatic rings. The van der Waals surface area contributed by atoms with Crippen molar-refractivity contribution in [2.45, 2.75) is 26.6 Å². The number of thiophene rings is 1. The summed E-state index contributed by atoms with van der Waals surface area (Å²) in [5, 5.41) is 3.48. The van der Waals surface area contributed by atoms with E-state index in [1.54, 1.807) is 30.7 Å². The van der Waals surface area contributed by atoms with Crippen molar-refractivity contribution >= 4 is 17.2 Å². The van der Waals surface area contributed by atoms with Crippen LogP contribution in [0.1, 0.15) is 29.8 Å². The topological polar surface area (TPSA) is 38.8 Å². The summed E-state index contributed by atoms with van der Waals surface area (Å²) >= 11 is 1.37. The number of amides is 1. The Labute approximate surface area is 154 Å². The minimum absolute atomic E-state index is 0.112. The van der Waals surface area contributed by atoms with Crippen molar-refractivity contribution in [2.24, 2.45) is 0 Å². The van der Waals surface area contributed by atoms with E-state index in [9.17, 15) is 18.0 Å². The molecule has 1 aromatic carbocycles. The lowest BCUT2D eigenvalue weighted by atomic mass is 10.1. The van der Waals surface area contributed by atoms with E-state index in [2.05, 4.69) is 0 Å². The largest absolute Gasteiger partial charge is 0.490 e. The van der Waals surface area contributed by atoms with Gasteiger partial charge in [0.05, 0.1) is 13.2 Å². The summed E-state index contributed by atoms with van der Waals surface area (Å²) < 4.78 is 49.7. The second-order valence-electron chi connectivity index (χ2n) is 5.44. The maximum atomic E-state index is 12.9. The fourth-order valence-electron chi connectivity index (χ4n) is 2.39. The maximum absolute atomic E-state index is 12.9. The Morgan fingerprint density at radius 3 is 2.38 bits per heavy atom. The van der Waals surface area contributed by atoms with Gasteiger partial charge in [0.15, 0.2) is 11.5 Å². The van der Waals surface area contributed by atoms with Crippen molar-refractivity contribution < 1.29 is 27.4 Å². The Morgan fingerprint density at radius 2 is 1.81 bits per heavy atom. The van der Waals surface area contributed by atoms with Crippen molar-refractivity contribution in [3.05, 3.63) is 46.2 Å². The number of nitrogens with zero attached hydrogens (tertiary/aromatic N) is 1. The van der Waals surface area contributed by atoms with Gasteiger partial charge in [0.2, 0.25) is 0 Å². The van der Waals surface area contributed by atoms with Crippen molar-refractivity contribution in [3.63, 3.8) is 0 Å². The van der Waals surface area contributed by atoms with Gasteiger partial charge >= 0.3 is 6.18 Å². The molecule has 0 aliphatic carbocycles. The Hall–Kier alpha value is -2.22. The van der Waals surface area contributed by atoms with Gasteiger partial charge in [-0.05, 0) is 54.4 Å². The van der Waals surface area contributed by atoms with Gasteiger partial charge in [0.1, 0.15) is 6.54 Å². The molecule has 0 N–H and O–H groups in total. The molecule has 0 bridgehead atoms. The van der Waals surface area contributed by atoms with Gasteiger partial charge in [0.25, 0.3) is 5.91 Å². The van der Waals surface area contributed by atoms with E-state index in [-0.39, 0.29) is 12.1 Å². The number of rotatable bonds is 8. The van der Waals surface area contributed by atoms with Gasteiger partial charge in [-0.15, -0.1) is 0 Å². The molecule has 1 heterocycles. The Bertz CT molecular complexity index is 717. The lowest BCUT2D eigenvalue weighted by Gasteiger charge is -2.24. The van der Waals surface area contributed by atoms with Gasteiger partial charge in [-0.25, -0.2) is 0 Å². The van der Waals surface area contributed by atoms with Crippen molar-refractivity contribution in [3.8, 4) is 11.5 Å². The summed E-state index contributed by atoms with van der Waals surface area (Å²) in [5.41, 5.74) is 0.778. The number of hydrogen-bond donors (Lipinski definition) is 0. The Kier molecular flexibility index (Phi) is 6.90. The van der Waals surface area contributed by atoms with E-state index in [1.807, 2.05) is 0 Å². The SMILES string of the molecule is CCOc1ccc(C(=O)N(Cc2ccsc2)CC(F)(F)F)cc1OCC. The number of ether oxygens (including phenoxy) is 2.